The maximum absolute atomic E-state index is 10.7. The van der Waals surface area contributed by atoms with Gasteiger partial charge in [-0.1, -0.05) is 5.16 Å². The second-order valence-electron chi connectivity index (χ2n) is 2.86. The number of carboxylic acids is 1. The Labute approximate surface area is 79.6 Å². The van der Waals surface area contributed by atoms with Crippen molar-refractivity contribution in [1.82, 2.24) is 9.72 Å². The monoisotopic (exact) mass is 192 g/mol. The molecule has 0 amide bonds. The van der Waals surface area contributed by atoms with Crippen LogP contribution in [0.4, 0.5) is 0 Å². The first-order valence-corrected chi connectivity index (χ1v) is 4.03. The van der Waals surface area contributed by atoms with Crippen LogP contribution in [0.1, 0.15) is 16.1 Å². The van der Waals surface area contributed by atoms with Crippen LogP contribution in [0.15, 0.2) is 29.0 Å². The molecule has 14 heavy (non-hydrogen) atoms. The molecule has 2 aromatic heterocycles. The van der Waals surface area contributed by atoms with Crippen molar-refractivity contribution in [1.29, 1.82) is 0 Å². The molecule has 0 bridgehead atoms. The molecule has 0 saturated carbocycles. The number of hydrogen-bond donors (Lipinski definition) is 1. The molecule has 5 heteroatoms. The molecule has 0 saturated heterocycles. The molecule has 72 valence electrons. The van der Waals surface area contributed by atoms with E-state index in [1.54, 1.807) is 23.9 Å². The average Bonchev–Trinajstić information content (AvgIpc) is 2.71. The lowest BCUT2D eigenvalue weighted by Crippen LogP contribution is -1.99. The van der Waals surface area contributed by atoms with E-state index < -0.39 is 5.97 Å². The van der Waals surface area contributed by atoms with E-state index in [1.807, 2.05) is 12.1 Å². The zero-order chi connectivity index (χ0) is 10.1. The highest BCUT2D eigenvalue weighted by atomic mass is 16.5. The van der Waals surface area contributed by atoms with Crippen LogP contribution < -0.4 is 0 Å². The molecule has 0 spiro atoms. The molecule has 2 rings (SSSR count). The fraction of sp³-hybridized carbons (Fsp3) is 0.111. The second kappa shape index (κ2) is 3.02. The van der Waals surface area contributed by atoms with Gasteiger partial charge in [0.25, 0.3) is 0 Å². The molecule has 0 aliphatic carbocycles. The van der Waals surface area contributed by atoms with Gasteiger partial charge in [-0.05, 0) is 19.1 Å². The maximum atomic E-state index is 10.7. The van der Waals surface area contributed by atoms with E-state index >= 15 is 0 Å². The molecule has 1 N–H and O–H groups in total. The summed E-state index contributed by atoms with van der Waals surface area (Å²) in [6.07, 6.45) is 3.53. The van der Waals surface area contributed by atoms with Gasteiger partial charge in [-0.3, -0.25) is 4.57 Å². The summed E-state index contributed by atoms with van der Waals surface area (Å²) >= 11 is 0. The Balaban J connectivity index is 2.52. The molecule has 0 aromatic carbocycles. The summed E-state index contributed by atoms with van der Waals surface area (Å²) < 4.78 is 6.61. The number of carboxylic acid groups (broad SMARTS) is 1. The van der Waals surface area contributed by atoms with Crippen LogP contribution in [0.5, 0.6) is 0 Å². The number of rotatable bonds is 2. The van der Waals surface area contributed by atoms with E-state index in [9.17, 15) is 4.79 Å². The summed E-state index contributed by atoms with van der Waals surface area (Å²) in [5.41, 5.74) is 0.474. The maximum Gasteiger partial charge on any atom is 0.358 e. The molecule has 0 radical (unpaired) electrons. The van der Waals surface area contributed by atoms with E-state index in [0.717, 1.165) is 0 Å². The van der Waals surface area contributed by atoms with Crippen LogP contribution in [0.3, 0.4) is 0 Å². The molecule has 0 fully saturated rings. The van der Waals surface area contributed by atoms with Gasteiger partial charge >= 0.3 is 5.97 Å². The van der Waals surface area contributed by atoms with Crippen LogP contribution in [0.2, 0.25) is 0 Å². The van der Waals surface area contributed by atoms with Crippen LogP contribution >= 0.6 is 0 Å². The molecular formula is C9H8N2O3. The number of nitrogens with zero attached hydrogens (tertiary/aromatic N) is 2. The summed E-state index contributed by atoms with van der Waals surface area (Å²) in [4.78, 5) is 10.7. The van der Waals surface area contributed by atoms with Crippen molar-refractivity contribution >= 4 is 5.97 Å². The first kappa shape index (κ1) is 8.55. The SMILES string of the molecule is Cc1c(C(=O)O)noc1-n1cccc1. The minimum atomic E-state index is -1.08. The standard InChI is InChI=1S/C9H8N2O3/c1-6-7(9(12)13)10-14-8(6)11-4-2-3-5-11/h2-5H,1H3,(H,12,13). The fourth-order valence-electron chi connectivity index (χ4n) is 1.24. The van der Waals surface area contributed by atoms with Crippen LogP contribution in [-0.2, 0) is 0 Å². The van der Waals surface area contributed by atoms with Gasteiger partial charge in [0.1, 0.15) is 0 Å². The lowest BCUT2D eigenvalue weighted by molar-refractivity contribution is 0.0685. The van der Waals surface area contributed by atoms with Gasteiger partial charge in [0, 0.05) is 18.0 Å². The second-order valence-corrected chi connectivity index (χ2v) is 2.86. The van der Waals surface area contributed by atoms with Gasteiger partial charge in [-0.15, -0.1) is 0 Å². The molecule has 0 atom stereocenters. The molecule has 2 heterocycles. The quantitative estimate of drug-likeness (QED) is 0.782. The van der Waals surface area contributed by atoms with E-state index in [4.69, 9.17) is 9.63 Å². The summed E-state index contributed by atoms with van der Waals surface area (Å²) in [5.74, 6) is -0.642. The third-order valence-electron chi connectivity index (χ3n) is 1.94. The number of aromatic carboxylic acids is 1. The Morgan fingerprint density at radius 1 is 1.50 bits per heavy atom. The molecule has 2 aromatic rings. The third kappa shape index (κ3) is 1.19. The van der Waals surface area contributed by atoms with Crippen molar-refractivity contribution in [3.8, 4) is 5.88 Å². The fourth-order valence-corrected chi connectivity index (χ4v) is 1.24. The topological polar surface area (TPSA) is 68.3 Å². The first-order chi connectivity index (χ1) is 6.70. The van der Waals surface area contributed by atoms with Crippen LogP contribution in [0.25, 0.3) is 5.88 Å². The number of carbonyl (C=O) groups is 1. The van der Waals surface area contributed by atoms with Gasteiger partial charge in [-0.2, -0.15) is 0 Å². The Bertz CT molecular complexity index is 456. The number of aromatic nitrogens is 2. The van der Waals surface area contributed by atoms with Crippen molar-refractivity contribution in [2.45, 2.75) is 6.92 Å². The zero-order valence-corrected chi connectivity index (χ0v) is 7.47. The van der Waals surface area contributed by atoms with Gasteiger partial charge < -0.3 is 9.63 Å². The van der Waals surface area contributed by atoms with E-state index in [0.29, 0.717) is 11.4 Å². The van der Waals surface area contributed by atoms with Gasteiger partial charge in [-0.25, -0.2) is 4.79 Å². The van der Waals surface area contributed by atoms with Crippen molar-refractivity contribution < 1.29 is 14.4 Å². The number of hydrogen-bond acceptors (Lipinski definition) is 3. The highest BCUT2D eigenvalue weighted by Crippen LogP contribution is 2.17. The zero-order valence-electron chi connectivity index (χ0n) is 7.47. The van der Waals surface area contributed by atoms with Gasteiger partial charge in [0.15, 0.2) is 5.69 Å². The normalized spacial score (nSPS) is 10.4. The van der Waals surface area contributed by atoms with Crippen LogP contribution in [-0.4, -0.2) is 20.8 Å². The minimum absolute atomic E-state index is 0.0475. The third-order valence-corrected chi connectivity index (χ3v) is 1.94. The summed E-state index contributed by atoms with van der Waals surface area (Å²) in [5, 5.41) is 12.2. The summed E-state index contributed by atoms with van der Waals surface area (Å²) in [6.45, 7) is 1.66. The smallest absolute Gasteiger partial charge is 0.358 e. The summed E-state index contributed by atoms with van der Waals surface area (Å²) in [6, 6.07) is 3.64. The molecule has 0 unspecified atom stereocenters. The Hall–Kier alpha value is -2.04. The van der Waals surface area contributed by atoms with Crippen molar-refractivity contribution in [2.75, 3.05) is 0 Å². The minimum Gasteiger partial charge on any atom is -0.476 e. The van der Waals surface area contributed by atoms with Crippen molar-refractivity contribution in [3.05, 3.63) is 35.8 Å². The summed E-state index contributed by atoms with van der Waals surface area (Å²) in [7, 11) is 0. The Morgan fingerprint density at radius 2 is 2.14 bits per heavy atom. The largest absolute Gasteiger partial charge is 0.476 e. The van der Waals surface area contributed by atoms with E-state index in [1.165, 1.54) is 0 Å². The van der Waals surface area contributed by atoms with Gasteiger partial charge in [0.05, 0.1) is 0 Å². The molecule has 0 aliphatic heterocycles. The Morgan fingerprint density at radius 3 is 2.64 bits per heavy atom. The van der Waals surface area contributed by atoms with Crippen LogP contribution in [0, 0.1) is 6.92 Å². The van der Waals surface area contributed by atoms with Gasteiger partial charge in [0.2, 0.25) is 5.88 Å². The van der Waals surface area contributed by atoms with Crippen molar-refractivity contribution in [2.24, 2.45) is 0 Å². The molecule has 5 nitrogen and oxygen atoms in total. The van der Waals surface area contributed by atoms with E-state index in [2.05, 4.69) is 5.16 Å². The lowest BCUT2D eigenvalue weighted by atomic mass is 10.2. The Kier molecular flexibility index (Phi) is 1.85. The first-order valence-electron chi connectivity index (χ1n) is 4.03. The molecule has 0 aliphatic rings. The van der Waals surface area contributed by atoms with E-state index in [-0.39, 0.29) is 5.69 Å². The predicted molar refractivity (Wildman–Crippen MR) is 47.5 cm³/mol. The lowest BCUT2D eigenvalue weighted by Gasteiger charge is -1.95. The predicted octanol–water partition coefficient (Wildman–Crippen LogP) is 1.47. The highest BCUT2D eigenvalue weighted by molar-refractivity contribution is 5.87. The average molecular weight is 192 g/mol. The molecular weight excluding hydrogens is 184 g/mol. The highest BCUT2D eigenvalue weighted by Gasteiger charge is 2.18. The van der Waals surface area contributed by atoms with Crippen molar-refractivity contribution in [3.63, 3.8) is 0 Å².